The molecule has 4 heteroatoms. The van der Waals surface area contributed by atoms with E-state index in [0.29, 0.717) is 12.5 Å². The Bertz CT molecular complexity index is 533. The smallest absolute Gasteiger partial charge is 0.226 e. The van der Waals surface area contributed by atoms with Gasteiger partial charge in [-0.3, -0.25) is 4.79 Å². The number of hydrogen-bond donors (Lipinski definition) is 1. The number of nitrogens with zero attached hydrogens (tertiary/aromatic N) is 1. The molecule has 2 N–H and O–H groups in total. The normalized spacial score (nSPS) is 32.0. The van der Waals surface area contributed by atoms with Gasteiger partial charge in [0.2, 0.25) is 5.91 Å². The Morgan fingerprint density at radius 3 is 3.00 bits per heavy atom. The summed E-state index contributed by atoms with van der Waals surface area (Å²) in [4.78, 5) is 14.7. The predicted octanol–water partition coefficient (Wildman–Crippen LogP) is 2.52. The molecule has 1 saturated carbocycles. The SMILES string of the molecule is C[C@@H]1CCCN(C(=O)[C@@H]2C[C@@H]2c2cccc(F)c2)[C@H]1CN. The Hall–Kier alpha value is -1.42. The molecule has 1 saturated heterocycles. The van der Waals surface area contributed by atoms with Gasteiger partial charge < -0.3 is 10.6 Å². The van der Waals surface area contributed by atoms with E-state index in [4.69, 9.17) is 5.73 Å². The summed E-state index contributed by atoms with van der Waals surface area (Å²) >= 11 is 0. The summed E-state index contributed by atoms with van der Waals surface area (Å²) in [6.07, 6.45) is 3.04. The first-order valence-electron chi connectivity index (χ1n) is 7.88. The van der Waals surface area contributed by atoms with E-state index < -0.39 is 0 Å². The van der Waals surface area contributed by atoms with Crippen molar-refractivity contribution in [3.63, 3.8) is 0 Å². The summed E-state index contributed by atoms with van der Waals surface area (Å²) in [6.45, 7) is 3.52. The maximum Gasteiger partial charge on any atom is 0.226 e. The Labute approximate surface area is 125 Å². The van der Waals surface area contributed by atoms with Gasteiger partial charge in [0.25, 0.3) is 0 Å². The third-order valence-corrected chi connectivity index (χ3v) is 5.02. The summed E-state index contributed by atoms with van der Waals surface area (Å²) < 4.78 is 13.3. The van der Waals surface area contributed by atoms with Crippen molar-refractivity contribution >= 4 is 5.91 Å². The maximum atomic E-state index is 13.3. The van der Waals surface area contributed by atoms with Crippen molar-refractivity contribution in [3.8, 4) is 0 Å². The first-order chi connectivity index (χ1) is 10.1. The van der Waals surface area contributed by atoms with Crippen LogP contribution in [0.2, 0.25) is 0 Å². The number of carbonyl (C=O) groups excluding carboxylic acids is 1. The van der Waals surface area contributed by atoms with Crippen LogP contribution in [0.3, 0.4) is 0 Å². The molecule has 0 unspecified atom stereocenters. The lowest BCUT2D eigenvalue weighted by molar-refractivity contribution is -0.137. The Morgan fingerprint density at radius 2 is 2.29 bits per heavy atom. The lowest BCUT2D eigenvalue weighted by atomic mass is 9.90. The minimum atomic E-state index is -0.225. The first-order valence-corrected chi connectivity index (χ1v) is 7.88. The lowest BCUT2D eigenvalue weighted by Gasteiger charge is -2.39. The van der Waals surface area contributed by atoms with Gasteiger partial charge in [-0.2, -0.15) is 0 Å². The third kappa shape index (κ3) is 2.82. The van der Waals surface area contributed by atoms with E-state index in [0.717, 1.165) is 31.4 Å². The van der Waals surface area contributed by atoms with Gasteiger partial charge in [-0.1, -0.05) is 19.1 Å². The van der Waals surface area contributed by atoms with Crippen LogP contribution in [-0.4, -0.2) is 29.9 Å². The highest BCUT2D eigenvalue weighted by molar-refractivity contribution is 5.83. The first kappa shape index (κ1) is 14.5. The van der Waals surface area contributed by atoms with Gasteiger partial charge in [-0.15, -0.1) is 0 Å². The molecule has 0 radical (unpaired) electrons. The second kappa shape index (κ2) is 5.76. The van der Waals surface area contributed by atoms with Gasteiger partial charge in [0.1, 0.15) is 5.82 Å². The summed E-state index contributed by atoms with van der Waals surface area (Å²) in [5, 5.41) is 0. The summed E-state index contributed by atoms with van der Waals surface area (Å²) in [5.41, 5.74) is 6.81. The molecule has 1 amide bonds. The number of likely N-dealkylation sites (tertiary alicyclic amines) is 1. The lowest BCUT2D eigenvalue weighted by Crippen LogP contribution is -2.52. The van der Waals surface area contributed by atoms with Crippen LogP contribution in [0, 0.1) is 17.7 Å². The molecular formula is C17H23FN2O. The summed E-state index contributed by atoms with van der Waals surface area (Å²) in [7, 11) is 0. The van der Waals surface area contributed by atoms with Gasteiger partial charge in [-0.25, -0.2) is 4.39 Å². The zero-order valence-corrected chi connectivity index (χ0v) is 12.5. The Morgan fingerprint density at radius 1 is 1.48 bits per heavy atom. The number of rotatable bonds is 3. The molecule has 1 heterocycles. The van der Waals surface area contributed by atoms with E-state index in [1.54, 1.807) is 12.1 Å². The average molecular weight is 290 g/mol. The monoisotopic (exact) mass is 290 g/mol. The summed E-state index contributed by atoms with van der Waals surface area (Å²) in [6, 6.07) is 6.80. The van der Waals surface area contributed by atoms with Crippen LogP contribution >= 0.6 is 0 Å². The fourth-order valence-corrected chi connectivity index (χ4v) is 3.67. The quantitative estimate of drug-likeness (QED) is 0.929. The van der Waals surface area contributed by atoms with E-state index in [-0.39, 0.29) is 29.6 Å². The van der Waals surface area contributed by atoms with Crippen molar-refractivity contribution in [2.75, 3.05) is 13.1 Å². The van der Waals surface area contributed by atoms with Crippen molar-refractivity contribution in [3.05, 3.63) is 35.6 Å². The molecule has 3 rings (SSSR count). The molecule has 1 aromatic carbocycles. The second-order valence-electron chi connectivity index (χ2n) is 6.46. The topological polar surface area (TPSA) is 46.3 Å². The van der Waals surface area contributed by atoms with Crippen LogP contribution in [0.25, 0.3) is 0 Å². The van der Waals surface area contributed by atoms with Gasteiger partial charge in [-0.05, 0) is 48.8 Å². The van der Waals surface area contributed by atoms with Gasteiger partial charge in [0.15, 0.2) is 0 Å². The highest BCUT2D eigenvalue weighted by Gasteiger charge is 2.47. The molecule has 0 aromatic heterocycles. The molecule has 2 aliphatic rings. The molecule has 21 heavy (non-hydrogen) atoms. The fourth-order valence-electron chi connectivity index (χ4n) is 3.67. The van der Waals surface area contributed by atoms with E-state index in [9.17, 15) is 9.18 Å². The minimum absolute atomic E-state index is 0.0196. The minimum Gasteiger partial charge on any atom is -0.338 e. The van der Waals surface area contributed by atoms with Gasteiger partial charge in [0, 0.05) is 25.0 Å². The van der Waals surface area contributed by atoms with Crippen LogP contribution < -0.4 is 5.73 Å². The van der Waals surface area contributed by atoms with Crippen LogP contribution in [0.15, 0.2) is 24.3 Å². The second-order valence-corrected chi connectivity index (χ2v) is 6.46. The fraction of sp³-hybridized carbons (Fsp3) is 0.588. The number of benzene rings is 1. The van der Waals surface area contributed by atoms with Gasteiger partial charge >= 0.3 is 0 Å². The number of hydrogen-bond acceptors (Lipinski definition) is 2. The largest absolute Gasteiger partial charge is 0.338 e. The van der Waals surface area contributed by atoms with Crippen LogP contribution in [0.5, 0.6) is 0 Å². The molecule has 0 bridgehead atoms. The zero-order chi connectivity index (χ0) is 15.0. The molecule has 0 spiro atoms. The van der Waals surface area contributed by atoms with Crippen LogP contribution in [-0.2, 0) is 4.79 Å². The van der Waals surface area contributed by atoms with Crippen LogP contribution in [0.1, 0.15) is 37.7 Å². The van der Waals surface area contributed by atoms with Crippen LogP contribution in [0.4, 0.5) is 4.39 Å². The number of amides is 1. The van der Waals surface area contributed by atoms with Crippen molar-refractivity contribution in [2.45, 2.75) is 38.1 Å². The standard InChI is InChI=1S/C17H23FN2O/c1-11-4-3-7-20(16(11)10-19)17(21)15-9-14(15)12-5-2-6-13(18)8-12/h2,5-6,8,11,14-16H,3-4,7,9-10,19H2,1H3/t11-,14-,15-,16+/m1/s1. The molecule has 2 fully saturated rings. The highest BCUT2D eigenvalue weighted by atomic mass is 19.1. The van der Waals surface area contributed by atoms with Crippen molar-refractivity contribution < 1.29 is 9.18 Å². The van der Waals surface area contributed by atoms with Crippen molar-refractivity contribution in [2.24, 2.45) is 17.6 Å². The third-order valence-electron chi connectivity index (χ3n) is 5.02. The molecule has 114 valence electrons. The van der Waals surface area contributed by atoms with E-state index in [1.165, 1.54) is 6.07 Å². The Kier molecular flexibility index (Phi) is 3.98. The predicted molar refractivity (Wildman–Crippen MR) is 80.2 cm³/mol. The molecule has 3 nitrogen and oxygen atoms in total. The van der Waals surface area contributed by atoms with Gasteiger partial charge in [0.05, 0.1) is 0 Å². The van der Waals surface area contributed by atoms with Crippen molar-refractivity contribution in [1.29, 1.82) is 0 Å². The van der Waals surface area contributed by atoms with E-state index >= 15 is 0 Å². The Balaban J connectivity index is 1.69. The average Bonchev–Trinajstić information content (AvgIpc) is 3.26. The molecular weight excluding hydrogens is 267 g/mol. The number of nitrogens with two attached hydrogens (primary N) is 1. The number of carbonyl (C=O) groups is 1. The molecule has 1 aliphatic carbocycles. The maximum absolute atomic E-state index is 13.3. The van der Waals surface area contributed by atoms with E-state index in [1.807, 2.05) is 11.0 Å². The van der Waals surface area contributed by atoms with Crippen molar-refractivity contribution in [1.82, 2.24) is 4.90 Å². The summed E-state index contributed by atoms with van der Waals surface area (Å²) in [5.74, 6) is 0.664. The highest BCUT2D eigenvalue weighted by Crippen LogP contribution is 2.49. The molecule has 1 aliphatic heterocycles. The number of halogens is 1. The number of piperidine rings is 1. The molecule has 1 aromatic rings. The van der Waals surface area contributed by atoms with E-state index in [2.05, 4.69) is 6.92 Å². The molecule has 4 atom stereocenters. The zero-order valence-electron chi connectivity index (χ0n) is 12.5.